The van der Waals surface area contributed by atoms with Crippen molar-refractivity contribution >= 4 is 21.6 Å². The Morgan fingerprint density at radius 3 is 2.38 bits per heavy atom. The minimum Gasteiger partial charge on any atom is -0.389 e. The predicted molar refractivity (Wildman–Crippen MR) is 78.1 cm³/mol. The van der Waals surface area contributed by atoms with Gasteiger partial charge in [0.2, 0.25) is 0 Å². The summed E-state index contributed by atoms with van der Waals surface area (Å²) >= 11 is 0. The van der Waals surface area contributed by atoms with Gasteiger partial charge in [-0.25, -0.2) is 8.78 Å². The average molecular weight is 368 g/mol. The minimum absolute atomic E-state index is 0.0558. The van der Waals surface area contributed by atoms with Gasteiger partial charge in [-0.15, -0.1) is 0 Å². The molecule has 132 valence electrons. The van der Waals surface area contributed by atoms with Crippen molar-refractivity contribution in [3.8, 4) is 0 Å². The molecule has 24 heavy (non-hydrogen) atoms. The van der Waals surface area contributed by atoms with Crippen molar-refractivity contribution in [2.45, 2.75) is 37.8 Å². The van der Waals surface area contributed by atoms with Crippen LogP contribution in [0.15, 0.2) is 27.7 Å². The van der Waals surface area contributed by atoms with Crippen molar-refractivity contribution < 1.29 is 31.6 Å². The molecule has 1 aliphatic rings. The highest BCUT2D eigenvalue weighted by atomic mass is 32.2. The van der Waals surface area contributed by atoms with Crippen LogP contribution in [0.25, 0.3) is 0 Å². The molecule has 4 nitrogen and oxygen atoms in total. The number of carbonyl (C=O) groups excluding carboxylic acids is 1. The number of hydrogen-bond acceptors (Lipinski definition) is 3. The van der Waals surface area contributed by atoms with E-state index in [2.05, 4.69) is 9.52 Å². The van der Waals surface area contributed by atoms with Gasteiger partial charge in [0.05, 0.1) is 0 Å². The van der Waals surface area contributed by atoms with Crippen LogP contribution in [0.5, 0.6) is 0 Å². The fraction of sp³-hybridized carbons (Fsp3) is 0.429. The summed E-state index contributed by atoms with van der Waals surface area (Å²) in [6.45, 7) is 3.28. The zero-order chi connectivity index (χ0) is 18.1. The normalized spacial score (nSPS) is 18.2. The lowest BCUT2D eigenvalue weighted by molar-refractivity contribution is -0.169. The SMILES string of the molecule is CC1(C)CC(S(Cc2c(F)cccc2F)=NC(=O)C(F)(F)F)=NO1. The van der Waals surface area contributed by atoms with Crippen LogP contribution in [-0.4, -0.2) is 22.7 Å². The van der Waals surface area contributed by atoms with Gasteiger partial charge in [0.15, 0.2) is 0 Å². The smallest absolute Gasteiger partial charge is 0.389 e. The van der Waals surface area contributed by atoms with E-state index in [9.17, 15) is 26.7 Å². The Morgan fingerprint density at radius 2 is 1.92 bits per heavy atom. The lowest BCUT2D eigenvalue weighted by atomic mass is 10.1. The van der Waals surface area contributed by atoms with Gasteiger partial charge in [-0.3, -0.25) is 4.79 Å². The summed E-state index contributed by atoms with van der Waals surface area (Å²) in [6.07, 6.45) is -5.07. The van der Waals surface area contributed by atoms with Crippen LogP contribution in [0.1, 0.15) is 25.8 Å². The number of amides is 1. The van der Waals surface area contributed by atoms with Crippen LogP contribution >= 0.6 is 0 Å². The molecule has 1 heterocycles. The van der Waals surface area contributed by atoms with E-state index < -0.39 is 51.3 Å². The third-order valence-corrected chi connectivity index (χ3v) is 4.73. The van der Waals surface area contributed by atoms with E-state index in [1.165, 1.54) is 0 Å². The Morgan fingerprint density at radius 1 is 1.33 bits per heavy atom. The molecular formula is C14H13F5N2O2S. The lowest BCUT2D eigenvalue weighted by Gasteiger charge is -2.14. The van der Waals surface area contributed by atoms with Crippen molar-refractivity contribution in [3.63, 3.8) is 0 Å². The summed E-state index contributed by atoms with van der Waals surface area (Å²) < 4.78 is 68.1. The van der Waals surface area contributed by atoms with Crippen LogP contribution in [0, 0.1) is 11.6 Å². The fourth-order valence-corrected chi connectivity index (χ4v) is 3.68. The molecular weight excluding hydrogens is 355 g/mol. The molecule has 1 amide bonds. The second-order valence-corrected chi connectivity index (χ2v) is 7.29. The van der Waals surface area contributed by atoms with E-state index in [-0.39, 0.29) is 11.5 Å². The Labute approximate surface area is 136 Å². The largest absolute Gasteiger partial charge is 0.474 e. The van der Waals surface area contributed by atoms with Gasteiger partial charge in [-0.05, 0) is 36.7 Å². The third-order valence-electron chi connectivity index (χ3n) is 3.02. The summed E-state index contributed by atoms with van der Waals surface area (Å²) in [4.78, 5) is 16.2. The van der Waals surface area contributed by atoms with E-state index in [1.807, 2.05) is 0 Å². The zero-order valence-electron chi connectivity index (χ0n) is 12.7. The Balaban J connectivity index is 2.41. The molecule has 2 rings (SSSR count). The fourth-order valence-electron chi connectivity index (χ4n) is 1.86. The van der Waals surface area contributed by atoms with Crippen LogP contribution in [-0.2, 0) is 26.1 Å². The number of benzene rings is 1. The van der Waals surface area contributed by atoms with Crippen molar-refractivity contribution in [3.05, 3.63) is 35.4 Å². The average Bonchev–Trinajstić information content (AvgIpc) is 2.80. The Kier molecular flexibility index (Phi) is 5.07. The van der Waals surface area contributed by atoms with Crippen molar-refractivity contribution in [1.29, 1.82) is 0 Å². The van der Waals surface area contributed by atoms with Gasteiger partial charge in [-0.1, -0.05) is 11.2 Å². The monoisotopic (exact) mass is 368 g/mol. The third kappa shape index (κ3) is 4.37. The van der Waals surface area contributed by atoms with Gasteiger partial charge in [-0.2, -0.15) is 17.5 Å². The molecule has 0 spiro atoms. The second kappa shape index (κ2) is 6.58. The maximum absolute atomic E-state index is 13.8. The first-order valence-corrected chi connectivity index (χ1v) is 8.06. The maximum atomic E-state index is 13.8. The molecule has 1 aromatic carbocycles. The number of nitrogens with zero attached hydrogens (tertiary/aromatic N) is 2. The van der Waals surface area contributed by atoms with E-state index in [0.717, 1.165) is 18.2 Å². The molecule has 1 unspecified atom stereocenters. The molecule has 0 saturated carbocycles. The molecule has 1 aromatic rings. The molecule has 0 saturated heterocycles. The molecule has 0 bridgehead atoms. The number of halogens is 5. The van der Waals surface area contributed by atoms with E-state index in [4.69, 9.17) is 4.84 Å². The molecule has 0 aliphatic carbocycles. The summed E-state index contributed by atoms with van der Waals surface area (Å²) in [5.41, 5.74) is -1.24. The summed E-state index contributed by atoms with van der Waals surface area (Å²) in [7, 11) is -1.79. The summed E-state index contributed by atoms with van der Waals surface area (Å²) in [5.74, 6) is -4.73. The topological polar surface area (TPSA) is 51.0 Å². The van der Waals surface area contributed by atoms with Crippen LogP contribution < -0.4 is 0 Å². The first-order valence-electron chi connectivity index (χ1n) is 6.71. The molecule has 0 N–H and O–H groups in total. The first kappa shape index (κ1) is 18.5. The van der Waals surface area contributed by atoms with Crippen LogP contribution in [0.3, 0.4) is 0 Å². The molecule has 10 heteroatoms. The maximum Gasteiger partial charge on any atom is 0.474 e. The van der Waals surface area contributed by atoms with E-state index in [0.29, 0.717) is 0 Å². The molecule has 0 fully saturated rings. The highest BCUT2D eigenvalue weighted by Crippen LogP contribution is 2.27. The van der Waals surface area contributed by atoms with Gasteiger partial charge in [0, 0.05) is 17.7 Å². The first-order chi connectivity index (χ1) is 11.0. The highest BCUT2D eigenvalue weighted by molar-refractivity contribution is 8.02. The number of carbonyl (C=O) groups is 1. The Bertz CT molecular complexity index is 708. The molecule has 0 radical (unpaired) electrons. The number of alkyl halides is 3. The molecule has 1 aliphatic heterocycles. The molecule has 1 atom stereocenters. The summed E-state index contributed by atoms with van der Waals surface area (Å²) in [6, 6.07) is 3.08. The summed E-state index contributed by atoms with van der Waals surface area (Å²) in [5, 5.41) is 3.71. The zero-order valence-corrected chi connectivity index (χ0v) is 13.5. The van der Waals surface area contributed by atoms with Crippen LogP contribution in [0.2, 0.25) is 0 Å². The van der Waals surface area contributed by atoms with Gasteiger partial charge in [0.25, 0.3) is 0 Å². The van der Waals surface area contributed by atoms with Crippen molar-refractivity contribution in [1.82, 2.24) is 0 Å². The second-order valence-electron chi connectivity index (χ2n) is 5.62. The van der Waals surface area contributed by atoms with E-state index >= 15 is 0 Å². The number of oxime groups is 1. The Hall–Kier alpha value is -1.84. The van der Waals surface area contributed by atoms with Gasteiger partial charge >= 0.3 is 12.1 Å². The minimum atomic E-state index is -5.17. The van der Waals surface area contributed by atoms with Gasteiger partial charge < -0.3 is 4.84 Å². The number of rotatable bonds is 2. The highest BCUT2D eigenvalue weighted by Gasteiger charge is 2.40. The molecule has 0 aromatic heterocycles. The van der Waals surface area contributed by atoms with Crippen molar-refractivity contribution in [2.75, 3.05) is 0 Å². The van der Waals surface area contributed by atoms with Crippen molar-refractivity contribution in [2.24, 2.45) is 9.52 Å². The standard InChI is InChI=1S/C14H13F5N2O2S/c1-13(2)6-11(20-23-13)24(21-12(22)14(17,18)19)7-8-9(15)4-3-5-10(8)16/h3-5H,6-7H2,1-2H3. The predicted octanol–water partition coefficient (Wildman–Crippen LogP) is 3.87. The van der Waals surface area contributed by atoms with Crippen LogP contribution in [0.4, 0.5) is 22.0 Å². The van der Waals surface area contributed by atoms with Gasteiger partial charge in [0.1, 0.15) is 22.3 Å². The number of hydrogen-bond donors (Lipinski definition) is 0. The van der Waals surface area contributed by atoms with E-state index in [1.54, 1.807) is 13.8 Å². The quantitative estimate of drug-likeness (QED) is 0.744. The lowest BCUT2D eigenvalue weighted by Crippen LogP contribution is -2.24.